The number of amides is 2. The van der Waals surface area contributed by atoms with Crippen LogP contribution in [-0.4, -0.2) is 40.4 Å². The molecule has 0 radical (unpaired) electrons. The van der Waals surface area contributed by atoms with E-state index in [1.54, 1.807) is 4.90 Å². The third kappa shape index (κ3) is 3.24. The molecule has 7 heteroatoms. The van der Waals surface area contributed by atoms with E-state index in [-0.39, 0.29) is 33.3 Å². The first-order valence-corrected chi connectivity index (χ1v) is 7.36. The number of phenols is 1. The van der Waals surface area contributed by atoms with Crippen LogP contribution in [0.1, 0.15) is 30.6 Å². The highest BCUT2D eigenvalue weighted by atomic mass is 35.5. The van der Waals surface area contributed by atoms with Crippen LogP contribution in [0.3, 0.4) is 0 Å². The van der Waals surface area contributed by atoms with Crippen molar-refractivity contribution < 1.29 is 14.7 Å². The Hall–Kier alpha value is -1.46. The second-order valence-corrected chi connectivity index (χ2v) is 6.07. The Kier molecular flexibility index (Phi) is 4.64. The van der Waals surface area contributed by atoms with Crippen LogP contribution in [-0.2, 0) is 4.79 Å². The lowest BCUT2D eigenvalue weighted by Crippen LogP contribution is -2.43. The number of aromatic hydroxyl groups is 1. The van der Waals surface area contributed by atoms with Crippen LogP contribution in [0, 0.1) is 0 Å². The van der Waals surface area contributed by atoms with E-state index in [0.29, 0.717) is 13.0 Å². The van der Waals surface area contributed by atoms with Crippen molar-refractivity contribution in [2.45, 2.75) is 32.4 Å². The number of carbonyl (C=O) groups is 2. The molecule has 5 nitrogen and oxygen atoms in total. The summed E-state index contributed by atoms with van der Waals surface area (Å²) in [6, 6.07) is 2.10. The Balaban J connectivity index is 2.15. The number of hydrogen-bond donors (Lipinski definition) is 2. The average Bonchev–Trinajstić information content (AvgIpc) is 2.69. The number of carbonyl (C=O) groups excluding carboxylic acids is 2. The molecular formula is C14H16Cl2N2O3. The highest BCUT2D eigenvalue weighted by molar-refractivity contribution is 6.37. The van der Waals surface area contributed by atoms with Crippen LogP contribution in [0.2, 0.25) is 10.0 Å². The van der Waals surface area contributed by atoms with E-state index in [4.69, 9.17) is 23.2 Å². The summed E-state index contributed by atoms with van der Waals surface area (Å²) in [6.07, 6.45) is 0.536. The lowest BCUT2D eigenvalue weighted by Gasteiger charge is -2.21. The quantitative estimate of drug-likeness (QED) is 0.894. The Morgan fingerprint density at radius 1 is 1.43 bits per heavy atom. The summed E-state index contributed by atoms with van der Waals surface area (Å²) in [7, 11) is 0. The van der Waals surface area contributed by atoms with Gasteiger partial charge in [-0.1, -0.05) is 23.2 Å². The SMILES string of the molecule is CC(C)N1CC[C@@H](NC(=O)c2c(O)cc(Cl)cc2Cl)C1=O. The van der Waals surface area contributed by atoms with Crippen molar-refractivity contribution in [3.05, 3.63) is 27.7 Å². The molecule has 1 aliphatic heterocycles. The highest BCUT2D eigenvalue weighted by Gasteiger charge is 2.34. The molecule has 1 fully saturated rings. The van der Waals surface area contributed by atoms with Gasteiger partial charge in [0, 0.05) is 17.6 Å². The zero-order valence-electron chi connectivity index (χ0n) is 11.7. The van der Waals surface area contributed by atoms with Gasteiger partial charge in [-0.15, -0.1) is 0 Å². The molecule has 2 amide bonds. The number of rotatable bonds is 3. The average molecular weight is 331 g/mol. The Morgan fingerprint density at radius 3 is 2.62 bits per heavy atom. The molecule has 0 saturated carbocycles. The van der Waals surface area contributed by atoms with Gasteiger partial charge in [-0.25, -0.2) is 0 Å². The first kappa shape index (κ1) is 15.9. The van der Waals surface area contributed by atoms with Crippen LogP contribution in [0.4, 0.5) is 0 Å². The largest absolute Gasteiger partial charge is 0.507 e. The van der Waals surface area contributed by atoms with Crippen LogP contribution in [0.15, 0.2) is 12.1 Å². The molecule has 0 bridgehead atoms. The second-order valence-electron chi connectivity index (χ2n) is 5.22. The molecule has 1 atom stereocenters. The predicted octanol–water partition coefficient (Wildman–Crippen LogP) is 2.44. The van der Waals surface area contributed by atoms with Crippen molar-refractivity contribution in [2.24, 2.45) is 0 Å². The molecule has 2 rings (SSSR count). The van der Waals surface area contributed by atoms with Gasteiger partial charge >= 0.3 is 0 Å². The van der Waals surface area contributed by atoms with E-state index < -0.39 is 11.9 Å². The maximum Gasteiger partial charge on any atom is 0.257 e. The van der Waals surface area contributed by atoms with Crippen molar-refractivity contribution in [3.63, 3.8) is 0 Å². The fourth-order valence-corrected chi connectivity index (χ4v) is 2.93. The van der Waals surface area contributed by atoms with Gasteiger partial charge in [0.25, 0.3) is 5.91 Å². The predicted molar refractivity (Wildman–Crippen MR) is 80.8 cm³/mol. The summed E-state index contributed by atoms with van der Waals surface area (Å²) < 4.78 is 0. The first-order valence-electron chi connectivity index (χ1n) is 6.60. The summed E-state index contributed by atoms with van der Waals surface area (Å²) in [4.78, 5) is 26.0. The summed E-state index contributed by atoms with van der Waals surface area (Å²) in [5.74, 6) is -1.02. The molecule has 2 N–H and O–H groups in total. The number of nitrogens with one attached hydrogen (secondary N) is 1. The summed E-state index contributed by atoms with van der Waals surface area (Å²) in [5.41, 5.74) is -0.0723. The monoisotopic (exact) mass is 330 g/mol. The van der Waals surface area contributed by atoms with Crippen LogP contribution >= 0.6 is 23.2 Å². The zero-order valence-corrected chi connectivity index (χ0v) is 13.2. The van der Waals surface area contributed by atoms with E-state index in [1.165, 1.54) is 12.1 Å². The van der Waals surface area contributed by atoms with Gasteiger partial charge in [0.05, 0.1) is 10.6 Å². The molecule has 1 aliphatic rings. The van der Waals surface area contributed by atoms with Gasteiger partial charge in [-0.2, -0.15) is 0 Å². The minimum atomic E-state index is -0.592. The lowest BCUT2D eigenvalue weighted by atomic mass is 10.1. The third-order valence-corrected chi connectivity index (χ3v) is 3.95. The Morgan fingerprint density at radius 2 is 2.10 bits per heavy atom. The maximum absolute atomic E-state index is 12.2. The van der Waals surface area contributed by atoms with Crippen molar-refractivity contribution in [2.75, 3.05) is 6.54 Å². The lowest BCUT2D eigenvalue weighted by molar-refractivity contribution is -0.130. The van der Waals surface area contributed by atoms with Crippen molar-refractivity contribution >= 4 is 35.0 Å². The van der Waals surface area contributed by atoms with Gasteiger partial charge in [-0.3, -0.25) is 9.59 Å². The van der Waals surface area contributed by atoms with E-state index in [1.807, 2.05) is 13.8 Å². The zero-order chi connectivity index (χ0) is 15.7. The third-order valence-electron chi connectivity index (χ3n) is 3.43. The molecule has 1 saturated heterocycles. The minimum Gasteiger partial charge on any atom is -0.507 e. The van der Waals surface area contributed by atoms with Crippen LogP contribution in [0.25, 0.3) is 0 Å². The van der Waals surface area contributed by atoms with E-state index in [2.05, 4.69) is 5.32 Å². The molecule has 1 aromatic rings. The van der Waals surface area contributed by atoms with Gasteiger partial charge < -0.3 is 15.3 Å². The topological polar surface area (TPSA) is 69.6 Å². The second kappa shape index (κ2) is 6.12. The maximum atomic E-state index is 12.2. The molecule has 1 aromatic carbocycles. The Bertz CT molecular complexity index is 567. The van der Waals surface area contributed by atoms with Gasteiger partial charge in [0.15, 0.2) is 0 Å². The van der Waals surface area contributed by atoms with Gasteiger partial charge in [-0.05, 0) is 32.4 Å². The van der Waals surface area contributed by atoms with Crippen LogP contribution in [0.5, 0.6) is 5.75 Å². The van der Waals surface area contributed by atoms with Gasteiger partial charge in [0.2, 0.25) is 5.91 Å². The number of hydrogen-bond acceptors (Lipinski definition) is 3. The number of halogens is 2. The first-order chi connectivity index (χ1) is 9.81. The van der Waals surface area contributed by atoms with Crippen molar-refractivity contribution in [1.82, 2.24) is 10.2 Å². The number of phenolic OH excluding ortho intramolecular Hbond substituents is 1. The molecule has 0 spiro atoms. The number of likely N-dealkylation sites (tertiary alicyclic amines) is 1. The molecule has 1 heterocycles. The minimum absolute atomic E-state index is 0.0451. The molecule has 0 aromatic heterocycles. The molecule has 0 aliphatic carbocycles. The number of benzene rings is 1. The summed E-state index contributed by atoms with van der Waals surface area (Å²) in [6.45, 7) is 4.44. The van der Waals surface area contributed by atoms with E-state index >= 15 is 0 Å². The summed E-state index contributed by atoms with van der Waals surface area (Å²) in [5, 5.41) is 12.7. The standard InChI is InChI=1S/C14H16Cl2N2O3/c1-7(2)18-4-3-10(14(18)21)17-13(20)12-9(16)5-8(15)6-11(12)19/h5-7,10,19H,3-4H2,1-2H3,(H,17,20)/t10-/m1/s1. The van der Waals surface area contributed by atoms with Crippen molar-refractivity contribution in [1.29, 1.82) is 0 Å². The van der Waals surface area contributed by atoms with E-state index in [0.717, 1.165) is 0 Å². The molecule has 0 unspecified atom stereocenters. The normalized spacial score (nSPS) is 18.4. The highest BCUT2D eigenvalue weighted by Crippen LogP contribution is 2.30. The summed E-state index contributed by atoms with van der Waals surface area (Å²) >= 11 is 11.7. The number of nitrogens with zero attached hydrogens (tertiary/aromatic N) is 1. The fraction of sp³-hybridized carbons (Fsp3) is 0.429. The van der Waals surface area contributed by atoms with Gasteiger partial charge in [0.1, 0.15) is 11.8 Å². The van der Waals surface area contributed by atoms with E-state index in [9.17, 15) is 14.7 Å². The fourth-order valence-electron chi connectivity index (χ4n) is 2.36. The Labute approximate surface area is 132 Å². The smallest absolute Gasteiger partial charge is 0.257 e. The molecule has 21 heavy (non-hydrogen) atoms. The van der Waals surface area contributed by atoms with Crippen molar-refractivity contribution in [3.8, 4) is 5.75 Å². The molecular weight excluding hydrogens is 315 g/mol. The van der Waals surface area contributed by atoms with Crippen LogP contribution < -0.4 is 5.32 Å². The molecule has 114 valence electrons.